The lowest BCUT2D eigenvalue weighted by Gasteiger charge is -2.31. The van der Waals surface area contributed by atoms with Gasteiger partial charge in [0.2, 0.25) is 0 Å². The number of benzene rings is 2. The minimum absolute atomic E-state index is 0.0302. The topological polar surface area (TPSA) is 15.7 Å². The molecular formula is C24H32Cl4N2O. The molecule has 172 valence electrons. The molecule has 0 amide bonds. The molecule has 0 radical (unpaired) electrons. The lowest BCUT2D eigenvalue weighted by atomic mass is 10.0. The molecule has 0 bridgehead atoms. The molecule has 0 aliphatic carbocycles. The van der Waals surface area contributed by atoms with Gasteiger partial charge in [0.25, 0.3) is 0 Å². The van der Waals surface area contributed by atoms with Gasteiger partial charge in [-0.1, -0.05) is 74.1 Å². The summed E-state index contributed by atoms with van der Waals surface area (Å²) < 4.78 is 6.49. The van der Waals surface area contributed by atoms with Crippen LogP contribution in [0.2, 0.25) is 20.1 Å². The summed E-state index contributed by atoms with van der Waals surface area (Å²) >= 11 is 26.1. The van der Waals surface area contributed by atoms with Crippen molar-refractivity contribution in [1.29, 1.82) is 0 Å². The summed E-state index contributed by atoms with van der Waals surface area (Å²) in [6.07, 6.45) is 0. The van der Waals surface area contributed by atoms with E-state index < -0.39 is 0 Å². The third-order valence-electron chi connectivity index (χ3n) is 5.96. The van der Waals surface area contributed by atoms with E-state index in [1.165, 1.54) is 0 Å². The first-order chi connectivity index (χ1) is 14.7. The number of rotatable bonds is 10. The highest BCUT2D eigenvalue weighted by Gasteiger charge is 2.26. The number of halogens is 4. The summed E-state index contributed by atoms with van der Waals surface area (Å²) in [6, 6.07) is 7.34. The zero-order valence-corrected chi connectivity index (χ0v) is 22.1. The molecule has 2 unspecified atom stereocenters. The minimum atomic E-state index is 0.0302. The SMILES string of the molecule is CCN(CC)C(C)c1c(Oc2ccc(Cl)c(Cl)c2C(C)N(CC)CC)ccc(Cl)c1Cl. The summed E-state index contributed by atoms with van der Waals surface area (Å²) in [7, 11) is 0. The van der Waals surface area contributed by atoms with E-state index >= 15 is 0 Å². The van der Waals surface area contributed by atoms with Crippen molar-refractivity contribution in [2.45, 2.75) is 53.6 Å². The third-order valence-corrected chi connectivity index (χ3v) is 7.60. The van der Waals surface area contributed by atoms with E-state index in [4.69, 9.17) is 51.1 Å². The standard InChI is InChI=1S/C24H32Cl4N2O/c1-7-29(8-2)15(5)21-19(13-11-17(25)23(21)27)31-20-14-12-18(26)24(28)22(20)16(6)30(9-3)10-4/h11-16H,7-10H2,1-6H3. The summed E-state index contributed by atoms with van der Waals surface area (Å²) in [4.78, 5) is 4.61. The monoisotopic (exact) mass is 504 g/mol. The molecule has 0 saturated heterocycles. The van der Waals surface area contributed by atoms with E-state index in [2.05, 4.69) is 51.3 Å². The van der Waals surface area contributed by atoms with Gasteiger partial charge in [-0.25, -0.2) is 0 Å². The molecule has 0 saturated carbocycles. The van der Waals surface area contributed by atoms with Gasteiger partial charge in [-0.3, -0.25) is 9.80 Å². The van der Waals surface area contributed by atoms with Crippen molar-refractivity contribution in [3.63, 3.8) is 0 Å². The average Bonchev–Trinajstić information content (AvgIpc) is 2.75. The second-order valence-electron chi connectivity index (χ2n) is 7.44. The van der Waals surface area contributed by atoms with E-state index in [0.29, 0.717) is 31.6 Å². The molecule has 31 heavy (non-hydrogen) atoms. The first kappa shape index (κ1) is 26.6. The van der Waals surface area contributed by atoms with Crippen LogP contribution in [-0.2, 0) is 0 Å². The smallest absolute Gasteiger partial charge is 0.133 e. The van der Waals surface area contributed by atoms with Gasteiger partial charge in [0.15, 0.2) is 0 Å². The largest absolute Gasteiger partial charge is 0.457 e. The third kappa shape index (κ3) is 5.82. The maximum atomic E-state index is 6.68. The Labute approximate surface area is 207 Å². The number of hydrogen-bond acceptors (Lipinski definition) is 3. The van der Waals surface area contributed by atoms with E-state index in [1.807, 2.05) is 12.1 Å². The van der Waals surface area contributed by atoms with Crippen molar-refractivity contribution in [3.05, 3.63) is 55.5 Å². The molecule has 0 aromatic heterocycles. The molecule has 0 spiro atoms. The fraction of sp³-hybridized carbons (Fsp3) is 0.500. The van der Waals surface area contributed by atoms with E-state index in [-0.39, 0.29) is 12.1 Å². The molecule has 0 aliphatic heterocycles. The summed E-state index contributed by atoms with van der Waals surface area (Å²) in [6.45, 7) is 16.3. The quantitative estimate of drug-likeness (QED) is 0.320. The Morgan fingerprint density at radius 2 is 0.968 bits per heavy atom. The zero-order chi connectivity index (χ0) is 23.3. The average molecular weight is 506 g/mol. The molecule has 0 heterocycles. The Kier molecular flexibility index (Phi) is 10.3. The van der Waals surface area contributed by atoms with Crippen molar-refractivity contribution in [3.8, 4) is 11.5 Å². The Morgan fingerprint density at radius 1 is 0.645 bits per heavy atom. The van der Waals surface area contributed by atoms with E-state index in [9.17, 15) is 0 Å². The van der Waals surface area contributed by atoms with Gasteiger partial charge in [0.05, 0.1) is 20.1 Å². The van der Waals surface area contributed by atoms with Gasteiger partial charge in [-0.05, 0) is 64.3 Å². The zero-order valence-electron chi connectivity index (χ0n) is 19.1. The Morgan fingerprint density at radius 3 is 1.26 bits per heavy atom. The molecule has 0 aliphatic rings. The number of ether oxygens (including phenoxy) is 1. The lowest BCUT2D eigenvalue weighted by molar-refractivity contribution is 0.226. The van der Waals surface area contributed by atoms with Crippen LogP contribution in [0.1, 0.15) is 64.8 Å². The van der Waals surface area contributed by atoms with Gasteiger partial charge in [-0.15, -0.1) is 0 Å². The van der Waals surface area contributed by atoms with Gasteiger partial charge in [0, 0.05) is 23.2 Å². The molecule has 0 fully saturated rings. The predicted octanol–water partition coefficient (Wildman–Crippen LogP) is 8.90. The van der Waals surface area contributed by atoms with E-state index in [1.54, 1.807) is 12.1 Å². The highest BCUT2D eigenvalue weighted by molar-refractivity contribution is 6.43. The number of nitrogens with zero attached hydrogens (tertiary/aromatic N) is 2. The molecule has 3 nitrogen and oxygen atoms in total. The van der Waals surface area contributed by atoms with Crippen molar-refractivity contribution in [2.24, 2.45) is 0 Å². The van der Waals surface area contributed by atoms with Crippen molar-refractivity contribution in [2.75, 3.05) is 26.2 Å². The normalized spacial score (nSPS) is 13.7. The van der Waals surface area contributed by atoms with Crippen molar-refractivity contribution < 1.29 is 4.74 Å². The second-order valence-corrected chi connectivity index (χ2v) is 9.01. The van der Waals surface area contributed by atoms with Crippen LogP contribution >= 0.6 is 46.4 Å². The lowest BCUT2D eigenvalue weighted by Crippen LogP contribution is -2.27. The van der Waals surface area contributed by atoms with Crippen molar-refractivity contribution >= 4 is 46.4 Å². The highest BCUT2D eigenvalue weighted by atomic mass is 35.5. The van der Waals surface area contributed by atoms with Crippen LogP contribution in [0.15, 0.2) is 24.3 Å². The summed E-state index contributed by atoms with van der Waals surface area (Å²) in [5, 5.41) is 2.04. The van der Waals surface area contributed by atoms with E-state index in [0.717, 1.165) is 37.3 Å². The minimum Gasteiger partial charge on any atom is -0.457 e. The number of hydrogen-bond donors (Lipinski definition) is 0. The Balaban J connectivity index is 2.62. The second kappa shape index (κ2) is 12.0. The fourth-order valence-electron chi connectivity index (χ4n) is 4.08. The predicted molar refractivity (Wildman–Crippen MR) is 136 cm³/mol. The van der Waals surface area contributed by atoms with Gasteiger partial charge in [-0.2, -0.15) is 0 Å². The van der Waals surface area contributed by atoms with Crippen LogP contribution in [0.25, 0.3) is 0 Å². The molecule has 2 rings (SSSR count). The van der Waals surface area contributed by atoms with Crippen molar-refractivity contribution in [1.82, 2.24) is 9.80 Å². The summed E-state index contributed by atoms with van der Waals surface area (Å²) in [5.74, 6) is 1.33. The van der Waals surface area contributed by atoms with Crippen LogP contribution in [-0.4, -0.2) is 36.0 Å². The van der Waals surface area contributed by atoms with Crippen LogP contribution in [0, 0.1) is 0 Å². The first-order valence-electron chi connectivity index (χ1n) is 10.8. The first-order valence-corrected chi connectivity index (χ1v) is 12.3. The Bertz CT molecular complexity index is 811. The maximum Gasteiger partial charge on any atom is 0.133 e. The van der Waals surface area contributed by atoms with Crippen LogP contribution in [0.3, 0.4) is 0 Å². The van der Waals surface area contributed by atoms with Crippen LogP contribution in [0.5, 0.6) is 11.5 Å². The molecule has 2 aromatic rings. The highest BCUT2D eigenvalue weighted by Crippen LogP contribution is 2.45. The van der Waals surface area contributed by atoms with Gasteiger partial charge < -0.3 is 4.74 Å². The molecule has 7 heteroatoms. The molecular weight excluding hydrogens is 474 g/mol. The Hall–Kier alpha value is -0.680. The summed E-state index contributed by atoms with van der Waals surface area (Å²) in [5.41, 5.74) is 1.73. The van der Waals surface area contributed by atoms with Gasteiger partial charge >= 0.3 is 0 Å². The molecule has 2 atom stereocenters. The molecule has 2 aromatic carbocycles. The maximum absolute atomic E-state index is 6.68. The van der Waals surface area contributed by atoms with Crippen LogP contribution < -0.4 is 4.74 Å². The fourth-order valence-corrected chi connectivity index (χ4v) is 5.04. The molecule has 0 N–H and O–H groups in total. The van der Waals surface area contributed by atoms with Crippen LogP contribution in [0.4, 0.5) is 0 Å². The van der Waals surface area contributed by atoms with Gasteiger partial charge in [0.1, 0.15) is 11.5 Å².